The average molecular weight is 236 g/mol. The molecule has 16 heavy (non-hydrogen) atoms. The number of aromatic nitrogens is 3. The summed E-state index contributed by atoms with van der Waals surface area (Å²) in [5.74, 6) is 0.573. The molecule has 0 aliphatic carbocycles. The van der Waals surface area contributed by atoms with E-state index in [2.05, 4.69) is 20.5 Å². The first kappa shape index (κ1) is 10.8. The maximum Gasteiger partial charge on any atom is 0.261 e. The van der Waals surface area contributed by atoms with Gasteiger partial charge in [0.25, 0.3) is 5.91 Å². The number of nitrogens with zero attached hydrogens (tertiary/aromatic N) is 2. The van der Waals surface area contributed by atoms with Gasteiger partial charge in [-0.05, 0) is 26.0 Å². The van der Waals surface area contributed by atoms with Crippen molar-refractivity contribution in [2.75, 3.05) is 0 Å². The van der Waals surface area contributed by atoms with Gasteiger partial charge in [-0.25, -0.2) is 4.98 Å². The summed E-state index contributed by atoms with van der Waals surface area (Å²) in [6.07, 6.45) is 1.42. The molecule has 0 aliphatic heterocycles. The van der Waals surface area contributed by atoms with E-state index in [9.17, 15) is 4.79 Å². The molecule has 0 aromatic carbocycles. The van der Waals surface area contributed by atoms with Crippen molar-refractivity contribution in [3.05, 3.63) is 34.0 Å². The van der Waals surface area contributed by atoms with E-state index in [4.69, 9.17) is 0 Å². The molecule has 2 N–H and O–H groups in total. The molecular formula is C10H12N4OS. The van der Waals surface area contributed by atoms with Crippen molar-refractivity contribution in [2.24, 2.45) is 0 Å². The fraction of sp³-hybridized carbons (Fsp3) is 0.300. The van der Waals surface area contributed by atoms with Crippen LogP contribution in [0.1, 0.15) is 33.3 Å². The van der Waals surface area contributed by atoms with Crippen molar-refractivity contribution in [2.45, 2.75) is 19.9 Å². The van der Waals surface area contributed by atoms with E-state index in [0.29, 0.717) is 10.7 Å². The molecular weight excluding hydrogens is 224 g/mol. The van der Waals surface area contributed by atoms with E-state index >= 15 is 0 Å². The fourth-order valence-corrected chi connectivity index (χ4v) is 2.09. The van der Waals surface area contributed by atoms with Crippen molar-refractivity contribution >= 4 is 17.2 Å². The van der Waals surface area contributed by atoms with Crippen LogP contribution in [0.25, 0.3) is 0 Å². The zero-order chi connectivity index (χ0) is 11.5. The number of carbonyl (C=O) groups is 1. The molecule has 2 heterocycles. The minimum absolute atomic E-state index is 0.0815. The first-order valence-corrected chi connectivity index (χ1v) is 5.71. The fourth-order valence-electron chi connectivity index (χ4n) is 1.32. The summed E-state index contributed by atoms with van der Waals surface area (Å²) in [7, 11) is 0. The number of thiophene rings is 1. The monoisotopic (exact) mass is 236 g/mol. The van der Waals surface area contributed by atoms with Gasteiger partial charge in [-0.15, -0.1) is 11.3 Å². The van der Waals surface area contributed by atoms with E-state index < -0.39 is 0 Å². The van der Waals surface area contributed by atoms with Gasteiger partial charge in [0.05, 0.1) is 10.9 Å². The lowest BCUT2D eigenvalue weighted by Gasteiger charge is -2.09. The summed E-state index contributed by atoms with van der Waals surface area (Å²) in [5, 5.41) is 9.32. The second kappa shape index (κ2) is 4.44. The van der Waals surface area contributed by atoms with Gasteiger partial charge in [0.15, 0.2) is 0 Å². The predicted octanol–water partition coefficient (Wildman–Crippen LogP) is 1.67. The van der Waals surface area contributed by atoms with Crippen LogP contribution in [0, 0.1) is 6.92 Å². The largest absolute Gasteiger partial charge is 0.342 e. The minimum atomic E-state index is -0.169. The Morgan fingerprint density at radius 1 is 1.56 bits per heavy atom. The number of hydrogen-bond acceptors (Lipinski definition) is 4. The van der Waals surface area contributed by atoms with E-state index in [0.717, 1.165) is 4.88 Å². The number of hydrogen-bond donors (Lipinski definition) is 2. The lowest BCUT2D eigenvalue weighted by molar-refractivity contribution is 0.0942. The highest BCUT2D eigenvalue weighted by atomic mass is 32.1. The van der Waals surface area contributed by atoms with Crippen molar-refractivity contribution in [3.8, 4) is 0 Å². The first-order chi connectivity index (χ1) is 7.66. The van der Waals surface area contributed by atoms with Gasteiger partial charge in [-0.1, -0.05) is 0 Å². The summed E-state index contributed by atoms with van der Waals surface area (Å²) >= 11 is 1.48. The normalized spacial score (nSPS) is 12.4. The molecule has 0 aliphatic rings. The van der Waals surface area contributed by atoms with Crippen molar-refractivity contribution < 1.29 is 4.79 Å². The van der Waals surface area contributed by atoms with Crippen LogP contribution in [0.15, 0.2) is 18.5 Å². The highest BCUT2D eigenvalue weighted by Crippen LogP contribution is 2.16. The second-order valence-corrected chi connectivity index (χ2v) is 4.76. The molecule has 0 fully saturated rings. The van der Waals surface area contributed by atoms with Gasteiger partial charge in [0, 0.05) is 4.88 Å². The Hall–Kier alpha value is -1.69. The lowest BCUT2D eigenvalue weighted by Crippen LogP contribution is -2.26. The third-order valence-electron chi connectivity index (χ3n) is 2.16. The highest BCUT2D eigenvalue weighted by Gasteiger charge is 2.14. The third kappa shape index (κ3) is 2.27. The molecule has 2 rings (SSSR count). The summed E-state index contributed by atoms with van der Waals surface area (Å²) in [6.45, 7) is 3.83. The lowest BCUT2D eigenvalue weighted by atomic mass is 10.3. The van der Waals surface area contributed by atoms with Crippen LogP contribution in [0.5, 0.6) is 0 Å². The molecule has 0 spiro atoms. The van der Waals surface area contributed by atoms with Gasteiger partial charge in [0.2, 0.25) is 0 Å². The molecule has 84 valence electrons. The number of rotatable bonds is 3. The number of aromatic amines is 1. The maximum absolute atomic E-state index is 11.8. The van der Waals surface area contributed by atoms with Crippen molar-refractivity contribution in [1.29, 1.82) is 0 Å². The number of carbonyl (C=O) groups excluding carboxylic acids is 1. The Morgan fingerprint density at radius 3 is 2.94 bits per heavy atom. The molecule has 5 nitrogen and oxygen atoms in total. The summed E-state index contributed by atoms with van der Waals surface area (Å²) in [4.78, 5) is 17.6. The standard InChI is InChI=1S/C10H12N4OS/c1-6-3-4-8(16-6)10(15)13-7(2)9-11-5-12-14-9/h3-5,7H,1-2H3,(H,13,15)(H,11,12,14). The molecule has 1 amide bonds. The number of H-pyrrole nitrogens is 1. The molecule has 6 heteroatoms. The van der Waals surface area contributed by atoms with Gasteiger partial charge < -0.3 is 5.32 Å². The number of amides is 1. The molecule has 0 saturated heterocycles. The molecule has 0 radical (unpaired) electrons. The van der Waals surface area contributed by atoms with Crippen LogP contribution < -0.4 is 5.32 Å². The van der Waals surface area contributed by atoms with Crippen LogP contribution in [0.3, 0.4) is 0 Å². The SMILES string of the molecule is Cc1ccc(C(=O)NC(C)c2ncn[nH]2)s1. The van der Waals surface area contributed by atoms with E-state index in [1.807, 2.05) is 26.0 Å². The van der Waals surface area contributed by atoms with Gasteiger partial charge in [0.1, 0.15) is 12.2 Å². The average Bonchev–Trinajstić information content (AvgIpc) is 2.87. The number of nitrogens with one attached hydrogen (secondary N) is 2. The Morgan fingerprint density at radius 2 is 2.38 bits per heavy atom. The van der Waals surface area contributed by atoms with Gasteiger partial charge in [-0.3, -0.25) is 9.89 Å². The summed E-state index contributed by atoms with van der Waals surface area (Å²) < 4.78 is 0. The zero-order valence-electron chi connectivity index (χ0n) is 9.02. The molecule has 2 aromatic heterocycles. The van der Waals surface area contributed by atoms with Crippen LogP contribution in [0.4, 0.5) is 0 Å². The Kier molecular flexibility index (Phi) is 3.00. The van der Waals surface area contributed by atoms with Gasteiger partial charge in [-0.2, -0.15) is 5.10 Å². The number of aryl methyl sites for hydroxylation is 1. The van der Waals surface area contributed by atoms with Gasteiger partial charge >= 0.3 is 0 Å². The Balaban J connectivity index is 2.03. The molecule has 1 unspecified atom stereocenters. The second-order valence-electron chi connectivity index (χ2n) is 3.48. The Labute approximate surface area is 96.9 Å². The molecule has 0 saturated carbocycles. The molecule has 2 aromatic rings. The predicted molar refractivity (Wildman–Crippen MR) is 61.3 cm³/mol. The van der Waals surface area contributed by atoms with E-state index in [1.54, 1.807) is 0 Å². The third-order valence-corrected chi connectivity index (χ3v) is 3.16. The topological polar surface area (TPSA) is 70.7 Å². The summed E-state index contributed by atoms with van der Waals surface area (Å²) in [5.41, 5.74) is 0. The first-order valence-electron chi connectivity index (χ1n) is 4.89. The van der Waals surface area contributed by atoms with Crippen LogP contribution >= 0.6 is 11.3 Å². The van der Waals surface area contributed by atoms with Crippen molar-refractivity contribution in [1.82, 2.24) is 20.5 Å². The van der Waals surface area contributed by atoms with Crippen LogP contribution in [0.2, 0.25) is 0 Å². The van der Waals surface area contributed by atoms with Crippen LogP contribution in [-0.4, -0.2) is 21.1 Å². The smallest absolute Gasteiger partial charge is 0.261 e. The quantitative estimate of drug-likeness (QED) is 0.851. The van der Waals surface area contributed by atoms with E-state index in [-0.39, 0.29) is 11.9 Å². The zero-order valence-corrected chi connectivity index (χ0v) is 9.84. The van der Waals surface area contributed by atoms with E-state index in [1.165, 1.54) is 17.7 Å². The summed E-state index contributed by atoms with van der Waals surface area (Å²) in [6, 6.07) is 3.58. The molecule has 1 atom stereocenters. The maximum atomic E-state index is 11.8. The van der Waals surface area contributed by atoms with Crippen LogP contribution in [-0.2, 0) is 0 Å². The highest BCUT2D eigenvalue weighted by molar-refractivity contribution is 7.13. The minimum Gasteiger partial charge on any atom is -0.342 e. The molecule has 0 bridgehead atoms. The Bertz CT molecular complexity index is 477. The van der Waals surface area contributed by atoms with Crippen molar-refractivity contribution in [3.63, 3.8) is 0 Å².